The molecule has 1 atom stereocenters. The number of pyridine rings is 1. The predicted octanol–water partition coefficient (Wildman–Crippen LogP) is 1.60. The van der Waals surface area contributed by atoms with Crippen LogP contribution in [0.3, 0.4) is 0 Å². The fourth-order valence-corrected chi connectivity index (χ4v) is 3.78. The molecule has 1 aromatic rings. The van der Waals surface area contributed by atoms with Crippen molar-refractivity contribution in [2.45, 2.75) is 25.3 Å². The summed E-state index contributed by atoms with van der Waals surface area (Å²) in [5, 5.41) is 14.9. The topological polar surface area (TPSA) is 97.8 Å². The standard InChI is InChI=1S/C18H27N5O3.2ClH/c24-17(16(21-18(25)26)13-14-1-5-19-6-2-14)23-11-9-22(10-12-23)15-3-7-20-8-4-15;;/h3-4,7-8,14,16,19,21H,1-2,5-6,9-13H2,(H,25,26);2*1H. The highest BCUT2D eigenvalue weighted by molar-refractivity contribution is 5.86. The first-order chi connectivity index (χ1) is 12.6. The summed E-state index contributed by atoms with van der Waals surface area (Å²) < 4.78 is 0. The Hall–Kier alpha value is -1.77. The number of amides is 2. The molecule has 10 heteroatoms. The molecule has 0 radical (unpaired) electrons. The van der Waals surface area contributed by atoms with E-state index >= 15 is 0 Å². The van der Waals surface area contributed by atoms with Crippen LogP contribution in [0.25, 0.3) is 0 Å². The molecule has 0 bridgehead atoms. The number of hydrogen-bond donors (Lipinski definition) is 3. The van der Waals surface area contributed by atoms with Crippen molar-refractivity contribution in [1.29, 1.82) is 0 Å². The van der Waals surface area contributed by atoms with Crippen LogP contribution >= 0.6 is 24.8 Å². The van der Waals surface area contributed by atoms with Crippen LogP contribution < -0.4 is 15.5 Å². The van der Waals surface area contributed by atoms with Gasteiger partial charge in [-0.3, -0.25) is 9.78 Å². The summed E-state index contributed by atoms with van der Waals surface area (Å²) in [6, 6.07) is 3.27. The van der Waals surface area contributed by atoms with Gasteiger partial charge in [0.25, 0.3) is 0 Å². The molecule has 28 heavy (non-hydrogen) atoms. The summed E-state index contributed by atoms with van der Waals surface area (Å²) in [4.78, 5) is 32.1. The molecule has 0 aromatic carbocycles. The molecule has 2 saturated heterocycles. The maximum atomic E-state index is 12.9. The molecule has 2 aliphatic heterocycles. The van der Waals surface area contributed by atoms with Gasteiger partial charge in [0, 0.05) is 44.3 Å². The number of rotatable bonds is 5. The van der Waals surface area contributed by atoms with Crippen LogP contribution in [0.1, 0.15) is 19.3 Å². The first-order valence-electron chi connectivity index (χ1n) is 9.27. The lowest BCUT2D eigenvalue weighted by Gasteiger charge is -2.38. The van der Waals surface area contributed by atoms with E-state index in [-0.39, 0.29) is 30.7 Å². The van der Waals surface area contributed by atoms with Gasteiger partial charge in [0.2, 0.25) is 5.91 Å². The van der Waals surface area contributed by atoms with Crippen molar-refractivity contribution < 1.29 is 14.7 Å². The van der Waals surface area contributed by atoms with Crippen molar-refractivity contribution in [3.8, 4) is 0 Å². The minimum absolute atomic E-state index is 0. The van der Waals surface area contributed by atoms with E-state index in [0.717, 1.165) is 44.7 Å². The van der Waals surface area contributed by atoms with Crippen LogP contribution in [-0.2, 0) is 4.79 Å². The monoisotopic (exact) mass is 433 g/mol. The number of piperazine rings is 1. The number of nitrogens with zero attached hydrogens (tertiary/aromatic N) is 3. The van der Waals surface area contributed by atoms with Gasteiger partial charge in [-0.2, -0.15) is 0 Å². The molecule has 2 aliphatic rings. The van der Waals surface area contributed by atoms with Crippen molar-refractivity contribution in [2.75, 3.05) is 44.2 Å². The van der Waals surface area contributed by atoms with Crippen LogP contribution in [0.2, 0.25) is 0 Å². The second kappa shape index (κ2) is 11.9. The molecule has 3 heterocycles. The van der Waals surface area contributed by atoms with Gasteiger partial charge in [-0.05, 0) is 50.4 Å². The minimum atomic E-state index is -1.13. The maximum Gasteiger partial charge on any atom is 0.405 e. The van der Waals surface area contributed by atoms with Crippen LogP contribution in [0.15, 0.2) is 24.5 Å². The van der Waals surface area contributed by atoms with Crippen molar-refractivity contribution in [2.24, 2.45) is 5.92 Å². The maximum absolute atomic E-state index is 12.9. The van der Waals surface area contributed by atoms with Gasteiger partial charge in [0.15, 0.2) is 0 Å². The summed E-state index contributed by atoms with van der Waals surface area (Å²) in [7, 11) is 0. The van der Waals surface area contributed by atoms with E-state index in [1.54, 1.807) is 17.3 Å². The van der Waals surface area contributed by atoms with Gasteiger partial charge in [0.1, 0.15) is 6.04 Å². The molecule has 158 valence electrons. The number of hydrogen-bond acceptors (Lipinski definition) is 5. The molecule has 2 fully saturated rings. The largest absolute Gasteiger partial charge is 0.465 e. The summed E-state index contributed by atoms with van der Waals surface area (Å²) >= 11 is 0. The smallest absolute Gasteiger partial charge is 0.405 e. The van der Waals surface area contributed by atoms with Crippen LogP contribution in [-0.4, -0.2) is 72.3 Å². The molecular formula is C18H29Cl2N5O3. The van der Waals surface area contributed by atoms with Gasteiger partial charge in [-0.25, -0.2) is 4.79 Å². The lowest BCUT2D eigenvalue weighted by atomic mass is 9.90. The van der Waals surface area contributed by atoms with Gasteiger partial charge in [0.05, 0.1) is 0 Å². The third kappa shape index (κ3) is 6.68. The van der Waals surface area contributed by atoms with E-state index in [1.165, 1.54) is 0 Å². The second-order valence-electron chi connectivity index (χ2n) is 6.95. The minimum Gasteiger partial charge on any atom is -0.465 e. The second-order valence-corrected chi connectivity index (χ2v) is 6.95. The molecule has 8 nitrogen and oxygen atoms in total. The average Bonchev–Trinajstić information content (AvgIpc) is 2.68. The lowest BCUT2D eigenvalue weighted by molar-refractivity contribution is -0.134. The first-order valence-corrected chi connectivity index (χ1v) is 9.27. The van der Waals surface area contributed by atoms with Crippen LogP contribution in [0.4, 0.5) is 10.5 Å². The summed E-state index contributed by atoms with van der Waals surface area (Å²) in [6.45, 7) is 4.55. The zero-order valence-electron chi connectivity index (χ0n) is 15.7. The van der Waals surface area contributed by atoms with Gasteiger partial charge < -0.3 is 25.5 Å². The van der Waals surface area contributed by atoms with E-state index < -0.39 is 12.1 Å². The van der Waals surface area contributed by atoms with Crippen LogP contribution in [0.5, 0.6) is 0 Å². The number of halogens is 2. The normalized spacial score (nSPS) is 18.4. The Morgan fingerprint density at radius 2 is 1.75 bits per heavy atom. The molecule has 3 N–H and O–H groups in total. The highest BCUT2D eigenvalue weighted by Gasteiger charge is 2.31. The highest BCUT2D eigenvalue weighted by atomic mass is 35.5. The first kappa shape index (κ1) is 24.3. The van der Waals surface area contributed by atoms with Gasteiger partial charge >= 0.3 is 6.09 Å². The Morgan fingerprint density at radius 1 is 1.14 bits per heavy atom. The van der Waals surface area contributed by atoms with E-state index in [4.69, 9.17) is 5.11 Å². The number of aromatic nitrogens is 1. The SMILES string of the molecule is Cl.Cl.O=C(O)NC(CC1CCNCC1)C(=O)N1CCN(c2ccncc2)CC1. The third-order valence-electron chi connectivity index (χ3n) is 5.24. The molecule has 0 saturated carbocycles. The van der Waals surface area contributed by atoms with Crippen molar-refractivity contribution in [3.05, 3.63) is 24.5 Å². The number of carboxylic acid groups (broad SMARTS) is 1. The Balaban J connectivity index is 0.00000196. The van der Waals surface area contributed by atoms with E-state index in [2.05, 4.69) is 20.5 Å². The fraction of sp³-hybridized carbons (Fsp3) is 0.611. The zero-order valence-corrected chi connectivity index (χ0v) is 17.4. The quantitative estimate of drug-likeness (QED) is 0.652. The molecule has 2 amide bonds. The van der Waals surface area contributed by atoms with Crippen molar-refractivity contribution in [3.63, 3.8) is 0 Å². The van der Waals surface area contributed by atoms with Crippen LogP contribution in [0, 0.1) is 5.92 Å². The van der Waals surface area contributed by atoms with E-state index in [1.807, 2.05) is 12.1 Å². The highest BCUT2D eigenvalue weighted by Crippen LogP contribution is 2.20. The third-order valence-corrected chi connectivity index (χ3v) is 5.24. The average molecular weight is 434 g/mol. The zero-order chi connectivity index (χ0) is 18.4. The Labute approximate surface area is 177 Å². The number of nitrogens with one attached hydrogen (secondary N) is 2. The Morgan fingerprint density at radius 3 is 2.32 bits per heavy atom. The van der Waals surface area contributed by atoms with E-state index in [9.17, 15) is 9.59 Å². The van der Waals surface area contributed by atoms with E-state index in [0.29, 0.717) is 25.4 Å². The molecule has 1 aromatic heterocycles. The van der Waals surface area contributed by atoms with Crippen molar-refractivity contribution >= 4 is 42.5 Å². The summed E-state index contributed by atoms with van der Waals surface area (Å²) in [5.74, 6) is 0.287. The molecule has 0 aliphatic carbocycles. The number of piperidine rings is 1. The van der Waals surface area contributed by atoms with Gasteiger partial charge in [-0.15, -0.1) is 24.8 Å². The molecular weight excluding hydrogens is 405 g/mol. The predicted molar refractivity (Wildman–Crippen MR) is 113 cm³/mol. The number of anilines is 1. The van der Waals surface area contributed by atoms with Crippen molar-refractivity contribution in [1.82, 2.24) is 20.5 Å². The summed E-state index contributed by atoms with van der Waals surface area (Å²) in [5.41, 5.74) is 1.10. The summed E-state index contributed by atoms with van der Waals surface area (Å²) in [6.07, 6.45) is 4.95. The Bertz CT molecular complexity index is 608. The fourth-order valence-electron chi connectivity index (χ4n) is 3.78. The molecule has 1 unspecified atom stereocenters. The lowest BCUT2D eigenvalue weighted by Crippen LogP contribution is -2.55. The molecule has 0 spiro atoms. The number of carbonyl (C=O) groups excluding carboxylic acids is 1. The Kier molecular flexibility index (Phi) is 10.3. The van der Waals surface area contributed by atoms with Gasteiger partial charge in [-0.1, -0.05) is 0 Å². The molecule has 3 rings (SSSR count). The number of carbonyl (C=O) groups is 2.